The lowest BCUT2D eigenvalue weighted by atomic mass is 10.1. The van der Waals surface area contributed by atoms with Crippen LogP contribution in [0, 0.1) is 19.8 Å². The molecule has 0 aliphatic rings. The second kappa shape index (κ2) is 10.5. The van der Waals surface area contributed by atoms with Gasteiger partial charge in [0.2, 0.25) is 17.7 Å². The Hall–Kier alpha value is -3.43. The van der Waals surface area contributed by atoms with Gasteiger partial charge in [-0.3, -0.25) is 14.9 Å². The molecule has 0 saturated heterocycles. The summed E-state index contributed by atoms with van der Waals surface area (Å²) in [5, 5.41) is 5.39. The summed E-state index contributed by atoms with van der Waals surface area (Å²) in [6, 6.07) is 2.75. The summed E-state index contributed by atoms with van der Waals surface area (Å²) in [7, 11) is 0. The molecule has 8 nitrogen and oxygen atoms in total. The maximum atomic E-state index is 13.7. The zero-order valence-corrected chi connectivity index (χ0v) is 19.6. The third kappa shape index (κ3) is 7.03. The molecule has 2 aromatic heterocycles. The molecule has 2 N–H and O–H groups in total. The van der Waals surface area contributed by atoms with Crippen molar-refractivity contribution in [3.8, 4) is 5.88 Å². The fourth-order valence-electron chi connectivity index (χ4n) is 2.60. The van der Waals surface area contributed by atoms with Gasteiger partial charge >= 0.3 is 5.92 Å². The van der Waals surface area contributed by atoms with Crippen LogP contribution in [-0.4, -0.2) is 39.3 Å². The van der Waals surface area contributed by atoms with Crippen molar-refractivity contribution in [3.63, 3.8) is 0 Å². The van der Waals surface area contributed by atoms with Gasteiger partial charge in [0.15, 0.2) is 6.61 Å². The van der Waals surface area contributed by atoms with E-state index in [4.69, 9.17) is 4.74 Å². The Balaban J connectivity index is 2.10. The van der Waals surface area contributed by atoms with Crippen molar-refractivity contribution >= 4 is 17.8 Å². The summed E-state index contributed by atoms with van der Waals surface area (Å²) in [5.74, 6) is -4.01. The number of carbonyl (C=O) groups is 2. The molecule has 0 aliphatic heterocycles. The van der Waals surface area contributed by atoms with Gasteiger partial charge in [0.25, 0.3) is 5.91 Å². The largest absolute Gasteiger partial charge is 0.471 e. The van der Waals surface area contributed by atoms with E-state index in [1.165, 1.54) is 19.2 Å². The van der Waals surface area contributed by atoms with Crippen LogP contribution in [0.4, 0.5) is 14.7 Å². The second-order valence-corrected chi connectivity index (χ2v) is 8.22. The summed E-state index contributed by atoms with van der Waals surface area (Å²) in [6.07, 6.45) is 1.45. The number of nitrogens with zero attached hydrogens (tertiary/aromatic N) is 3. The normalized spacial score (nSPS) is 12.3. The maximum Gasteiger partial charge on any atom is 0.302 e. The molecule has 0 aromatic carbocycles. The molecule has 2 rings (SSSR count). The summed E-state index contributed by atoms with van der Waals surface area (Å²) in [4.78, 5) is 37.0. The van der Waals surface area contributed by atoms with Gasteiger partial charge < -0.3 is 10.1 Å². The highest BCUT2D eigenvalue weighted by Gasteiger charge is 2.31. The number of hydrogen-bond donors (Lipinski definition) is 2. The van der Waals surface area contributed by atoms with Gasteiger partial charge in [-0.25, -0.2) is 15.0 Å². The van der Waals surface area contributed by atoms with Crippen LogP contribution in [-0.2, 0) is 4.79 Å². The topological polar surface area (TPSA) is 106 Å². The van der Waals surface area contributed by atoms with Crippen LogP contribution in [0.1, 0.15) is 61.0 Å². The van der Waals surface area contributed by atoms with Gasteiger partial charge in [0, 0.05) is 23.4 Å². The number of halogens is 2. The molecule has 0 radical (unpaired) electrons. The van der Waals surface area contributed by atoms with Gasteiger partial charge in [-0.1, -0.05) is 20.4 Å². The molecule has 0 saturated carbocycles. The lowest BCUT2D eigenvalue weighted by molar-refractivity contribution is -0.118. The molecule has 1 atom stereocenters. The Morgan fingerprint density at radius 1 is 1.18 bits per heavy atom. The predicted molar refractivity (Wildman–Crippen MR) is 120 cm³/mol. The molecule has 0 bridgehead atoms. The quantitative estimate of drug-likeness (QED) is 0.543. The first-order valence-electron chi connectivity index (χ1n) is 10.4. The highest BCUT2D eigenvalue weighted by molar-refractivity contribution is 5.94. The van der Waals surface area contributed by atoms with E-state index in [9.17, 15) is 18.4 Å². The molecule has 0 spiro atoms. The van der Waals surface area contributed by atoms with Gasteiger partial charge in [0.1, 0.15) is 5.69 Å². The van der Waals surface area contributed by atoms with Crippen molar-refractivity contribution in [1.29, 1.82) is 0 Å². The molecule has 0 aliphatic carbocycles. The van der Waals surface area contributed by atoms with Crippen LogP contribution in [0.25, 0.3) is 0 Å². The molecule has 10 heteroatoms. The zero-order chi connectivity index (χ0) is 24.9. The third-order valence-electron chi connectivity index (χ3n) is 4.76. The van der Waals surface area contributed by atoms with Crippen molar-refractivity contribution in [3.05, 3.63) is 53.0 Å². The van der Waals surface area contributed by atoms with Crippen LogP contribution in [0.5, 0.6) is 5.88 Å². The summed E-state index contributed by atoms with van der Waals surface area (Å²) < 4.78 is 32.6. The Bertz CT molecular complexity index is 1060. The van der Waals surface area contributed by atoms with E-state index in [1.807, 2.05) is 0 Å². The second-order valence-electron chi connectivity index (χ2n) is 8.22. The average Bonchev–Trinajstić information content (AvgIpc) is 2.72. The number of ether oxygens (including phenoxy) is 1. The van der Waals surface area contributed by atoms with E-state index >= 15 is 0 Å². The van der Waals surface area contributed by atoms with Crippen LogP contribution in [0.3, 0.4) is 0 Å². The fourth-order valence-corrected chi connectivity index (χ4v) is 2.60. The predicted octanol–water partition coefficient (Wildman–Crippen LogP) is 4.16. The number of hydrogen-bond acceptors (Lipinski definition) is 6. The van der Waals surface area contributed by atoms with Crippen molar-refractivity contribution in [1.82, 2.24) is 20.3 Å². The number of anilines is 1. The molecule has 178 valence electrons. The minimum Gasteiger partial charge on any atom is -0.471 e. The number of aromatic nitrogens is 3. The summed E-state index contributed by atoms with van der Waals surface area (Å²) in [5.41, 5.74) is 1.52. The van der Waals surface area contributed by atoms with Gasteiger partial charge in [-0.05, 0) is 51.0 Å². The minimum absolute atomic E-state index is 0.0529. The van der Waals surface area contributed by atoms with Gasteiger partial charge in [-0.15, -0.1) is 0 Å². The number of amides is 2. The lowest BCUT2D eigenvalue weighted by Crippen LogP contribution is -2.29. The molecule has 33 heavy (non-hydrogen) atoms. The fraction of sp³-hybridized carbons (Fsp3) is 0.435. The molecule has 0 fully saturated rings. The number of alkyl halides is 2. The average molecular weight is 462 g/mol. The highest BCUT2D eigenvalue weighted by atomic mass is 19.3. The van der Waals surface area contributed by atoms with E-state index in [0.29, 0.717) is 16.8 Å². The standard InChI is InChI=1S/C23H29F2N5O3/c1-12(2)19(31)30-22-27-15(6)9-18(29-22)20(32)28-16(7)17-8-14(5)21(26-10-17)33-11-23(24,25)13(3)4/h8-10,12,16H,3,11H2,1-2,4-7H3,(H,28,32)(H,27,29,30,31). The summed E-state index contributed by atoms with van der Waals surface area (Å²) in [6.45, 7) is 12.2. The van der Waals surface area contributed by atoms with Crippen molar-refractivity contribution < 1.29 is 23.1 Å². The number of pyridine rings is 1. The zero-order valence-electron chi connectivity index (χ0n) is 19.6. The SMILES string of the molecule is C=C(C)C(F)(F)COc1ncc(C(C)NC(=O)c2cc(C)nc(NC(=O)C(C)C)n2)cc1C. The van der Waals surface area contributed by atoms with Gasteiger partial charge in [-0.2, -0.15) is 8.78 Å². The first-order chi connectivity index (χ1) is 15.3. The number of rotatable bonds is 9. The van der Waals surface area contributed by atoms with E-state index in [-0.39, 0.29) is 34.9 Å². The van der Waals surface area contributed by atoms with Crippen LogP contribution >= 0.6 is 0 Å². The third-order valence-corrected chi connectivity index (χ3v) is 4.76. The Labute approximate surface area is 191 Å². The first kappa shape index (κ1) is 25.8. The van der Waals surface area contributed by atoms with Crippen molar-refractivity contribution in [2.24, 2.45) is 5.92 Å². The molecular formula is C23H29F2N5O3. The highest BCUT2D eigenvalue weighted by Crippen LogP contribution is 2.25. The Kier molecular flexibility index (Phi) is 8.18. The summed E-state index contributed by atoms with van der Waals surface area (Å²) >= 11 is 0. The molecule has 2 amide bonds. The lowest BCUT2D eigenvalue weighted by Gasteiger charge is -2.19. The van der Waals surface area contributed by atoms with Crippen molar-refractivity contribution in [2.75, 3.05) is 11.9 Å². The smallest absolute Gasteiger partial charge is 0.302 e. The van der Waals surface area contributed by atoms with E-state index < -0.39 is 24.5 Å². The number of nitrogens with one attached hydrogen (secondary N) is 2. The van der Waals surface area contributed by atoms with Crippen molar-refractivity contribution in [2.45, 2.75) is 53.5 Å². The Morgan fingerprint density at radius 3 is 2.42 bits per heavy atom. The van der Waals surface area contributed by atoms with Gasteiger partial charge in [0.05, 0.1) is 6.04 Å². The van der Waals surface area contributed by atoms with E-state index in [2.05, 4.69) is 32.2 Å². The monoisotopic (exact) mass is 461 g/mol. The van der Waals surface area contributed by atoms with E-state index in [0.717, 1.165) is 0 Å². The van der Waals surface area contributed by atoms with E-state index in [1.54, 1.807) is 40.7 Å². The minimum atomic E-state index is -3.16. The Morgan fingerprint density at radius 2 is 1.85 bits per heavy atom. The number of carbonyl (C=O) groups excluding carboxylic acids is 2. The molecular weight excluding hydrogens is 432 g/mol. The molecule has 2 heterocycles. The molecule has 2 aromatic rings. The number of aryl methyl sites for hydroxylation is 2. The van der Waals surface area contributed by atoms with Crippen LogP contribution < -0.4 is 15.4 Å². The maximum absolute atomic E-state index is 13.7. The van der Waals surface area contributed by atoms with Crippen LogP contribution in [0.15, 0.2) is 30.5 Å². The van der Waals surface area contributed by atoms with Crippen LogP contribution in [0.2, 0.25) is 0 Å². The molecule has 1 unspecified atom stereocenters. The first-order valence-corrected chi connectivity index (χ1v) is 10.4.